The predicted molar refractivity (Wildman–Crippen MR) is 120 cm³/mol. The second-order valence-corrected chi connectivity index (χ2v) is 7.76. The molecule has 1 fully saturated rings. The molecule has 1 heterocycles. The third-order valence-electron chi connectivity index (χ3n) is 5.33. The number of amides is 1. The Hall–Kier alpha value is -2.69. The number of carbonyl (C=O) groups excluding carboxylic acids is 1. The van der Waals surface area contributed by atoms with Gasteiger partial charge in [0.25, 0.3) is 0 Å². The van der Waals surface area contributed by atoms with Crippen molar-refractivity contribution in [2.45, 2.75) is 39.3 Å². The summed E-state index contributed by atoms with van der Waals surface area (Å²) in [5.74, 6) is 0.544. The van der Waals surface area contributed by atoms with Gasteiger partial charge in [-0.1, -0.05) is 42.0 Å². The van der Waals surface area contributed by atoms with E-state index in [9.17, 15) is 4.79 Å². The van der Waals surface area contributed by atoms with E-state index in [4.69, 9.17) is 12.6 Å². The fourth-order valence-electron chi connectivity index (χ4n) is 3.62. The SMILES string of the molecule is [B]C(=O)N1CCC(N(CC=C(C)C)c2ccc(OCc3ccccc3)cc2)CC1. The van der Waals surface area contributed by atoms with E-state index in [0.717, 1.165) is 30.7 Å². The normalized spacial score (nSPS) is 14.3. The molecule has 5 heteroatoms. The van der Waals surface area contributed by atoms with E-state index in [1.807, 2.05) is 30.3 Å². The Morgan fingerprint density at radius 3 is 2.34 bits per heavy atom. The summed E-state index contributed by atoms with van der Waals surface area (Å²) < 4.78 is 5.92. The van der Waals surface area contributed by atoms with Gasteiger partial charge in [0.05, 0.1) is 0 Å². The van der Waals surface area contributed by atoms with Crippen LogP contribution in [0.1, 0.15) is 32.3 Å². The Morgan fingerprint density at radius 1 is 1.10 bits per heavy atom. The Balaban J connectivity index is 1.67. The summed E-state index contributed by atoms with van der Waals surface area (Å²) in [7, 11) is 5.44. The predicted octanol–water partition coefficient (Wildman–Crippen LogP) is 4.79. The molecule has 0 aromatic heterocycles. The summed E-state index contributed by atoms with van der Waals surface area (Å²) in [5, 5.41) is 0. The molecule has 150 valence electrons. The highest BCUT2D eigenvalue weighted by atomic mass is 16.5. The van der Waals surface area contributed by atoms with Gasteiger partial charge in [0.2, 0.25) is 7.85 Å². The minimum Gasteiger partial charge on any atom is -0.489 e. The zero-order chi connectivity index (χ0) is 20.6. The molecule has 2 radical (unpaired) electrons. The van der Waals surface area contributed by atoms with E-state index in [-0.39, 0.29) is 5.81 Å². The number of nitrogens with zero attached hydrogens (tertiary/aromatic N) is 2. The molecule has 0 aliphatic carbocycles. The molecule has 0 saturated carbocycles. The first-order valence-corrected chi connectivity index (χ1v) is 10.2. The van der Waals surface area contributed by atoms with Crippen molar-refractivity contribution in [2.24, 2.45) is 0 Å². The molecule has 0 bridgehead atoms. The molecule has 2 aromatic carbocycles. The van der Waals surface area contributed by atoms with Crippen molar-refractivity contribution >= 4 is 19.3 Å². The fraction of sp³-hybridized carbons (Fsp3) is 0.375. The number of hydrogen-bond donors (Lipinski definition) is 0. The van der Waals surface area contributed by atoms with Crippen LogP contribution in [-0.2, 0) is 6.61 Å². The number of rotatable bonds is 7. The van der Waals surface area contributed by atoms with E-state index in [1.165, 1.54) is 11.3 Å². The number of piperidine rings is 1. The zero-order valence-electron chi connectivity index (χ0n) is 17.4. The fourth-order valence-corrected chi connectivity index (χ4v) is 3.62. The van der Waals surface area contributed by atoms with Gasteiger partial charge in [0, 0.05) is 31.4 Å². The molecule has 1 saturated heterocycles. The lowest BCUT2D eigenvalue weighted by Gasteiger charge is -2.39. The third-order valence-corrected chi connectivity index (χ3v) is 5.33. The zero-order valence-corrected chi connectivity index (χ0v) is 17.4. The van der Waals surface area contributed by atoms with Crippen LogP contribution in [0.4, 0.5) is 10.5 Å². The molecule has 29 heavy (non-hydrogen) atoms. The Kier molecular flexibility index (Phi) is 7.39. The first-order valence-electron chi connectivity index (χ1n) is 10.2. The number of hydrogen-bond acceptors (Lipinski definition) is 3. The average molecular weight is 388 g/mol. The van der Waals surface area contributed by atoms with E-state index in [0.29, 0.717) is 25.7 Å². The van der Waals surface area contributed by atoms with Crippen LogP contribution in [0.3, 0.4) is 0 Å². The van der Waals surface area contributed by atoms with Crippen molar-refractivity contribution in [1.29, 1.82) is 0 Å². The molecule has 0 atom stereocenters. The molecule has 0 spiro atoms. The highest BCUT2D eigenvalue weighted by molar-refractivity contribution is 6.56. The number of likely N-dealkylation sites (tertiary alicyclic amines) is 1. The molecule has 0 N–H and O–H groups in total. The van der Waals surface area contributed by atoms with Gasteiger partial charge in [-0.15, -0.1) is 0 Å². The minimum absolute atomic E-state index is 0.320. The Bertz CT molecular complexity index is 809. The van der Waals surface area contributed by atoms with Crippen molar-refractivity contribution in [3.8, 4) is 5.75 Å². The van der Waals surface area contributed by atoms with Gasteiger partial charge in [-0.05, 0) is 56.5 Å². The second-order valence-electron chi connectivity index (χ2n) is 7.76. The second kappa shape index (κ2) is 10.2. The summed E-state index contributed by atoms with van der Waals surface area (Å²) in [4.78, 5) is 15.6. The number of benzene rings is 2. The average Bonchev–Trinajstić information content (AvgIpc) is 2.74. The van der Waals surface area contributed by atoms with Crippen LogP contribution < -0.4 is 9.64 Å². The lowest BCUT2D eigenvalue weighted by Crippen LogP contribution is -2.46. The molecule has 1 aliphatic rings. The van der Waals surface area contributed by atoms with E-state index in [2.05, 4.69) is 49.1 Å². The van der Waals surface area contributed by atoms with Crippen molar-refractivity contribution in [1.82, 2.24) is 4.90 Å². The summed E-state index contributed by atoms with van der Waals surface area (Å²) in [5.41, 5.74) is 3.63. The maximum atomic E-state index is 11.4. The maximum Gasteiger partial charge on any atom is 0.200 e. The summed E-state index contributed by atoms with van der Waals surface area (Å²) in [6.45, 7) is 7.08. The number of carbonyl (C=O) groups is 1. The van der Waals surface area contributed by atoms with Crippen molar-refractivity contribution in [3.05, 3.63) is 71.8 Å². The number of allylic oxidation sites excluding steroid dienone is 1. The summed E-state index contributed by atoms with van der Waals surface area (Å²) >= 11 is 0. The first kappa shape index (κ1) is 21.0. The Morgan fingerprint density at radius 2 is 1.76 bits per heavy atom. The molecule has 4 nitrogen and oxygen atoms in total. The highest BCUT2D eigenvalue weighted by Crippen LogP contribution is 2.26. The van der Waals surface area contributed by atoms with Crippen LogP contribution >= 0.6 is 0 Å². The van der Waals surface area contributed by atoms with Crippen LogP contribution in [0, 0.1) is 0 Å². The van der Waals surface area contributed by atoms with E-state index in [1.54, 1.807) is 4.90 Å². The number of anilines is 1. The lowest BCUT2D eigenvalue weighted by molar-refractivity contribution is 0.203. The van der Waals surface area contributed by atoms with Gasteiger partial charge in [0.1, 0.15) is 12.4 Å². The van der Waals surface area contributed by atoms with Gasteiger partial charge in [-0.2, -0.15) is 0 Å². The molecule has 1 aliphatic heterocycles. The monoisotopic (exact) mass is 388 g/mol. The van der Waals surface area contributed by atoms with Crippen LogP contribution in [0.25, 0.3) is 0 Å². The van der Waals surface area contributed by atoms with Gasteiger partial charge in [-0.3, -0.25) is 4.79 Å². The highest BCUT2D eigenvalue weighted by Gasteiger charge is 2.25. The van der Waals surface area contributed by atoms with Gasteiger partial charge in [0.15, 0.2) is 5.81 Å². The van der Waals surface area contributed by atoms with Crippen molar-refractivity contribution in [2.75, 3.05) is 24.5 Å². The van der Waals surface area contributed by atoms with E-state index >= 15 is 0 Å². The third kappa shape index (κ3) is 6.15. The van der Waals surface area contributed by atoms with Crippen molar-refractivity contribution in [3.63, 3.8) is 0 Å². The standard InChI is InChI=1S/C24H29BN2O2/c1-19(2)12-17-27(22-13-15-26(16-14-22)24(25)28)21-8-10-23(11-9-21)29-18-20-6-4-3-5-7-20/h3-12,22H,13-18H2,1-2H3. The topological polar surface area (TPSA) is 32.8 Å². The molecular formula is C24H29BN2O2. The van der Waals surface area contributed by atoms with Crippen LogP contribution in [0.15, 0.2) is 66.2 Å². The smallest absolute Gasteiger partial charge is 0.200 e. The van der Waals surface area contributed by atoms with Crippen LogP contribution in [-0.4, -0.2) is 44.2 Å². The van der Waals surface area contributed by atoms with Crippen LogP contribution in [0.5, 0.6) is 5.75 Å². The van der Waals surface area contributed by atoms with Gasteiger partial charge in [-0.25, -0.2) is 0 Å². The number of ether oxygens (including phenoxy) is 1. The van der Waals surface area contributed by atoms with Gasteiger partial charge < -0.3 is 14.5 Å². The molecule has 2 aromatic rings. The van der Waals surface area contributed by atoms with Gasteiger partial charge >= 0.3 is 0 Å². The lowest BCUT2D eigenvalue weighted by atomic mass is 9.99. The Labute approximate surface area is 175 Å². The summed E-state index contributed by atoms with van der Waals surface area (Å²) in [6, 6.07) is 18.9. The molecule has 0 unspecified atom stereocenters. The largest absolute Gasteiger partial charge is 0.489 e. The molecular weight excluding hydrogens is 359 g/mol. The van der Waals surface area contributed by atoms with Crippen LogP contribution in [0.2, 0.25) is 0 Å². The van der Waals surface area contributed by atoms with E-state index < -0.39 is 0 Å². The summed E-state index contributed by atoms with van der Waals surface area (Å²) in [6.07, 6.45) is 4.10. The first-order chi connectivity index (χ1) is 14.0. The molecule has 1 amide bonds. The minimum atomic E-state index is -0.320. The quantitative estimate of drug-likeness (QED) is 0.505. The maximum absolute atomic E-state index is 11.4. The molecule has 3 rings (SSSR count). The van der Waals surface area contributed by atoms with Crippen molar-refractivity contribution < 1.29 is 9.53 Å².